The second-order valence-electron chi connectivity index (χ2n) is 5.78. The Balaban J connectivity index is 1.65. The molecule has 1 saturated carbocycles. The third-order valence-corrected chi connectivity index (χ3v) is 4.58. The fourth-order valence-corrected chi connectivity index (χ4v) is 3.20. The summed E-state index contributed by atoms with van der Waals surface area (Å²) in [7, 11) is 0. The predicted molar refractivity (Wildman–Crippen MR) is 88.3 cm³/mol. The van der Waals surface area contributed by atoms with Crippen LogP contribution in [0.2, 0.25) is 0 Å². The van der Waals surface area contributed by atoms with Gasteiger partial charge in [0.1, 0.15) is 11.5 Å². The van der Waals surface area contributed by atoms with E-state index in [1.54, 1.807) is 0 Å². The molecular weight excluding hydrogens is 280 g/mol. The molecule has 1 aliphatic carbocycles. The number of rotatable bonds is 4. The molecule has 0 amide bonds. The van der Waals surface area contributed by atoms with Gasteiger partial charge in [-0.25, -0.2) is 0 Å². The van der Waals surface area contributed by atoms with Crippen LogP contribution in [-0.2, 0) is 5.88 Å². The van der Waals surface area contributed by atoms with E-state index in [1.807, 2.05) is 24.3 Å². The Bertz CT molecular complexity index is 553. The molecule has 2 aromatic carbocycles. The van der Waals surface area contributed by atoms with E-state index >= 15 is 0 Å². The smallest absolute Gasteiger partial charge is 0.127 e. The van der Waals surface area contributed by atoms with Gasteiger partial charge in [0.15, 0.2) is 0 Å². The van der Waals surface area contributed by atoms with Crippen LogP contribution in [0.1, 0.15) is 49.1 Å². The quantitative estimate of drug-likeness (QED) is 0.605. The van der Waals surface area contributed by atoms with Gasteiger partial charge in [0.05, 0.1) is 0 Å². The molecule has 1 aliphatic rings. The Morgan fingerprint density at radius 3 is 1.95 bits per heavy atom. The van der Waals surface area contributed by atoms with E-state index in [4.69, 9.17) is 16.3 Å². The first kappa shape index (κ1) is 14.5. The molecule has 0 atom stereocenters. The summed E-state index contributed by atoms with van der Waals surface area (Å²) in [6.45, 7) is 0. The van der Waals surface area contributed by atoms with E-state index in [2.05, 4.69) is 24.3 Å². The zero-order valence-electron chi connectivity index (χ0n) is 12.2. The number of ether oxygens (including phenoxy) is 1. The Morgan fingerprint density at radius 1 is 0.810 bits per heavy atom. The first-order chi connectivity index (χ1) is 10.3. The van der Waals surface area contributed by atoms with Gasteiger partial charge >= 0.3 is 0 Å². The third-order valence-electron chi connectivity index (χ3n) is 4.27. The van der Waals surface area contributed by atoms with E-state index in [0.717, 1.165) is 23.0 Å². The van der Waals surface area contributed by atoms with Crippen molar-refractivity contribution in [1.82, 2.24) is 0 Å². The second-order valence-corrected chi connectivity index (χ2v) is 6.05. The third kappa shape index (κ3) is 3.79. The van der Waals surface area contributed by atoms with Crippen LogP contribution in [0.4, 0.5) is 0 Å². The summed E-state index contributed by atoms with van der Waals surface area (Å²) < 4.78 is 5.88. The fraction of sp³-hybridized carbons (Fsp3) is 0.368. The van der Waals surface area contributed by atoms with E-state index in [-0.39, 0.29) is 0 Å². The molecule has 0 unspecified atom stereocenters. The first-order valence-electron chi connectivity index (χ1n) is 7.78. The molecule has 0 spiro atoms. The lowest BCUT2D eigenvalue weighted by Crippen LogP contribution is -2.04. The minimum atomic E-state index is 0.538. The van der Waals surface area contributed by atoms with Gasteiger partial charge in [-0.3, -0.25) is 0 Å². The number of alkyl halides is 1. The highest BCUT2D eigenvalue weighted by molar-refractivity contribution is 6.17. The van der Waals surface area contributed by atoms with Gasteiger partial charge in [-0.1, -0.05) is 43.5 Å². The van der Waals surface area contributed by atoms with E-state index < -0.39 is 0 Å². The molecule has 2 aromatic rings. The van der Waals surface area contributed by atoms with Crippen LogP contribution in [0.25, 0.3) is 0 Å². The zero-order valence-corrected chi connectivity index (χ0v) is 13.0. The number of benzene rings is 2. The summed E-state index contributed by atoms with van der Waals surface area (Å²) >= 11 is 5.79. The monoisotopic (exact) mass is 300 g/mol. The molecule has 0 bridgehead atoms. The Morgan fingerprint density at radius 2 is 1.38 bits per heavy atom. The van der Waals surface area contributed by atoms with E-state index in [1.165, 1.54) is 37.7 Å². The minimum Gasteiger partial charge on any atom is -0.457 e. The lowest BCUT2D eigenvalue weighted by Gasteiger charge is -2.22. The van der Waals surface area contributed by atoms with Crippen molar-refractivity contribution in [2.24, 2.45) is 0 Å². The Kier molecular flexibility index (Phi) is 4.82. The summed E-state index contributed by atoms with van der Waals surface area (Å²) in [4.78, 5) is 0. The van der Waals surface area contributed by atoms with Crippen LogP contribution in [0.5, 0.6) is 11.5 Å². The summed E-state index contributed by atoms with van der Waals surface area (Å²) in [6.07, 6.45) is 6.81. The van der Waals surface area contributed by atoms with Crippen molar-refractivity contribution in [2.45, 2.75) is 43.9 Å². The molecule has 0 heterocycles. The molecule has 2 heteroatoms. The lowest BCUT2D eigenvalue weighted by atomic mass is 9.84. The summed E-state index contributed by atoms with van der Waals surface area (Å²) in [5.74, 6) is 3.04. The van der Waals surface area contributed by atoms with Gasteiger partial charge in [0, 0.05) is 5.88 Å². The molecule has 21 heavy (non-hydrogen) atoms. The molecular formula is C19H21ClO. The highest BCUT2D eigenvalue weighted by atomic mass is 35.5. The predicted octanol–water partition coefficient (Wildman–Crippen LogP) is 6.27. The first-order valence-corrected chi connectivity index (χ1v) is 8.31. The number of halogens is 1. The average Bonchev–Trinajstić information content (AvgIpc) is 2.57. The molecule has 3 rings (SSSR count). The van der Waals surface area contributed by atoms with Crippen molar-refractivity contribution >= 4 is 11.6 Å². The van der Waals surface area contributed by atoms with Gasteiger partial charge < -0.3 is 4.74 Å². The lowest BCUT2D eigenvalue weighted by molar-refractivity contribution is 0.442. The van der Waals surface area contributed by atoms with Crippen molar-refractivity contribution in [3.63, 3.8) is 0 Å². The van der Waals surface area contributed by atoms with Gasteiger partial charge in [0.25, 0.3) is 0 Å². The largest absolute Gasteiger partial charge is 0.457 e. The maximum atomic E-state index is 5.88. The highest BCUT2D eigenvalue weighted by Gasteiger charge is 2.15. The van der Waals surface area contributed by atoms with Crippen molar-refractivity contribution in [1.29, 1.82) is 0 Å². The SMILES string of the molecule is ClCc1ccc(Oc2ccc(C3CCCCC3)cc2)cc1. The van der Waals surface area contributed by atoms with Gasteiger partial charge in [-0.15, -0.1) is 11.6 Å². The molecule has 0 aromatic heterocycles. The van der Waals surface area contributed by atoms with Crippen molar-refractivity contribution in [2.75, 3.05) is 0 Å². The number of hydrogen-bond donors (Lipinski definition) is 0. The second kappa shape index (κ2) is 7.00. The normalized spacial score (nSPS) is 15.9. The highest BCUT2D eigenvalue weighted by Crippen LogP contribution is 2.33. The van der Waals surface area contributed by atoms with Gasteiger partial charge in [0.2, 0.25) is 0 Å². The topological polar surface area (TPSA) is 9.23 Å². The molecule has 1 fully saturated rings. The molecule has 0 radical (unpaired) electrons. The Labute approximate surface area is 131 Å². The molecule has 0 aliphatic heterocycles. The van der Waals surface area contributed by atoms with E-state index in [0.29, 0.717) is 5.88 Å². The van der Waals surface area contributed by atoms with Gasteiger partial charge in [-0.05, 0) is 54.2 Å². The van der Waals surface area contributed by atoms with Crippen LogP contribution in [0.3, 0.4) is 0 Å². The zero-order chi connectivity index (χ0) is 14.5. The standard InChI is InChI=1S/C19H21ClO/c20-14-15-6-10-18(11-7-15)21-19-12-8-17(9-13-19)16-4-2-1-3-5-16/h6-13,16H,1-5,14H2. The summed E-state index contributed by atoms with van der Waals surface area (Å²) in [5, 5.41) is 0. The van der Waals surface area contributed by atoms with E-state index in [9.17, 15) is 0 Å². The van der Waals surface area contributed by atoms with Crippen LogP contribution >= 0.6 is 11.6 Å². The molecule has 1 nitrogen and oxygen atoms in total. The molecule has 0 saturated heterocycles. The minimum absolute atomic E-state index is 0.538. The number of hydrogen-bond acceptors (Lipinski definition) is 1. The maximum Gasteiger partial charge on any atom is 0.127 e. The maximum absolute atomic E-state index is 5.88. The van der Waals surface area contributed by atoms with Crippen molar-refractivity contribution in [3.05, 3.63) is 59.7 Å². The van der Waals surface area contributed by atoms with Crippen LogP contribution in [0.15, 0.2) is 48.5 Å². The van der Waals surface area contributed by atoms with Crippen molar-refractivity contribution in [3.8, 4) is 11.5 Å². The average molecular weight is 301 g/mol. The van der Waals surface area contributed by atoms with Crippen LogP contribution in [-0.4, -0.2) is 0 Å². The Hall–Kier alpha value is -1.47. The fourth-order valence-electron chi connectivity index (χ4n) is 3.03. The van der Waals surface area contributed by atoms with Gasteiger partial charge in [-0.2, -0.15) is 0 Å². The summed E-state index contributed by atoms with van der Waals surface area (Å²) in [6, 6.07) is 16.5. The van der Waals surface area contributed by atoms with Crippen LogP contribution in [0, 0.1) is 0 Å². The molecule has 110 valence electrons. The van der Waals surface area contributed by atoms with Crippen molar-refractivity contribution < 1.29 is 4.74 Å². The summed E-state index contributed by atoms with van der Waals surface area (Å²) in [5.41, 5.74) is 2.57. The van der Waals surface area contributed by atoms with Crippen LogP contribution < -0.4 is 4.74 Å². The molecule has 0 N–H and O–H groups in total.